The van der Waals surface area contributed by atoms with E-state index >= 15 is 0 Å². The summed E-state index contributed by atoms with van der Waals surface area (Å²) in [5.74, 6) is -48.5. The van der Waals surface area contributed by atoms with E-state index < -0.39 is 72.4 Å². The van der Waals surface area contributed by atoms with E-state index in [1.807, 2.05) is 0 Å². The van der Waals surface area contributed by atoms with E-state index in [-0.39, 0.29) is 19.3 Å². The number of alkyl halides is 16. The molecule has 2 fully saturated rings. The Hall–Kier alpha value is -1.16. The molecular formula is C15H12F16O. The van der Waals surface area contributed by atoms with Gasteiger partial charge in [0.25, 0.3) is 0 Å². The summed E-state index contributed by atoms with van der Waals surface area (Å²) in [4.78, 5) is 0. The Labute approximate surface area is 168 Å². The third kappa shape index (κ3) is 3.51. The molecule has 17 heteroatoms. The van der Waals surface area contributed by atoms with E-state index in [1.54, 1.807) is 0 Å². The van der Waals surface area contributed by atoms with Crippen LogP contribution in [0.2, 0.25) is 0 Å². The fraction of sp³-hybridized carbons (Fsp3) is 1.00. The molecule has 0 aliphatic heterocycles. The first-order valence-corrected chi connectivity index (χ1v) is 8.56. The SMILES string of the molecule is F[C@@H]1[C@H]2CC[C@H](C2)[C@H]1OCC(F)(F)C(F)(F)C(F)(F)C(F)(F)C(F)(F)C(F)(F)C(F)(F)F. The van der Waals surface area contributed by atoms with Crippen molar-refractivity contribution in [1.29, 1.82) is 0 Å². The van der Waals surface area contributed by atoms with Crippen LogP contribution < -0.4 is 0 Å². The Morgan fingerprint density at radius 3 is 1.38 bits per heavy atom. The molecule has 0 amide bonds. The molecule has 2 saturated carbocycles. The fourth-order valence-corrected chi connectivity index (χ4v) is 3.69. The Balaban J connectivity index is 2.32. The molecule has 0 saturated heterocycles. The van der Waals surface area contributed by atoms with Crippen molar-refractivity contribution < 1.29 is 75.0 Å². The molecule has 32 heavy (non-hydrogen) atoms. The first-order valence-electron chi connectivity index (χ1n) is 8.56. The first kappa shape index (κ1) is 27.1. The topological polar surface area (TPSA) is 9.23 Å². The van der Waals surface area contributed by atoms with Crippen LogP contribution in [0.1, 0.15) is 19.3 Å². The minimum Gasteiger partial charge on any atom is -0.368 e. The second-order valence-corrected chi connectivity index (χ2v) is 7.63. The summed E-state index contributed by atoms with van der Waals surface area (Å²) in [5, 5.41) is 0. The van der Waals surface area contributed by atoms with Gasteiger partial charge in [-0.1, -0.05) is 0 Å². The lowest BCUT2D eigenvalue weighted by Crippen LogP contribution is -2.73. The molecule has 2 aliphatic rings. The van der Waals surface area contributed by atoms with Gasteiger partial charge >= 0.3 is 41.7 Å². The van der Waals surface area contributed by atoms with Crippen molar-refractivity contribution >= 4 is 0 Å². The van der Waals surface area contributed by atoms with Gasteiger partial charge in [-0.2, -0.15) is 65.9 Å². The van der Waals surface area contributed by atoms with Gasteiger partial charge in [0, 0.05) is 0 Å². The van der Waals surface area contributed by atoms with Crippen molar-refractivity contribution in [3.63, 3.8) is 0 Å². The highest BCUT2D eigenvalue weighted by atomic mass is 19.4. The van der Waals surface area contributed by atoms with E-state index in [0.29, 0.717) is 0 Å². The smallest absolute Gasteiger partial charge is 0.368 e. The number of fused-ring (bicyclic) bond motifs is 2. The van der Waals surface area contributed by atoms with Gasteiger partial charge in [0.2, 0.25) is 0 Å². The molecule has 1 nitrogen and oxygen atoms in total. The summed E-state index contributed by atoms with van der Waals surface area (Å²) in [5.41, 5.74) is 0. The monoisotopic (exact) mass is 512 g/mol. The second-order valence-electron chi connectivity index (χ2n) is 7.63. The summed E-state index contributed by atoms with van der Waals surface area (Å²) >= 11 is 0. The van der Waals surface area contributed by atoms with Crippen LogP contribution in [0.3, 0.4) is 0 Å². The summed E-state index contributed by atoms with van der Waals surface area (Å²) < 4.78 is 214. The van der Waals surface area contributed by atoms with E-state index in [4.69, 9.17) is 0 Å². The second kappa shape index (κ2) is 7.42. The third-order valence-corrected chi connectivity index (χ3v) is 5.59. The molecular weight excluding hydrogens is 500 g/mol. The van der Waals surface area contributed by atoms with Gasteiger partial charge < -0.3 is 4.74 Å². The van der Waals surface area contributed by atoms with Crippen molar-refractivity contribution in [2.75, 3.05) is 6.61 Å². The lowest BCUT2D eigenvalue weighted by Gasteiger charge is -2.41. The Bertz CT molecular complexity index is 696. The van der Waals surface area contributed by atoms with Gasteiger partial charge in [-0.15, -0.1) is 0 Å². The average Bonchev–Trinajstić information content (AvgIpc) is 3.19. The van der Waals surface area contributed by atoms with Crippen LogP contribution in [-0.4, -0.2) is 60.6 Å². The van der Waals surface area contributed by atoms with Crippen LogP contribution in [0.15, 0.2) is 0 Å². The lowest BCUT2D eigenvalue weighted by atomic mass is 9.91. The summed E-state index contributed by atoms with van der Waals surface area (Å²) in [7, 11) is 0. The fourth-order valence-electron chi connectivity index (χ4n) is 3.69. The maximum absolute atomic E-state index is 13.9. The first-order chi connectivity index (χ1) is 14.0. The van der Waals surface area contributed by atoms with E-state index in [2.05, 4.69) is 4.74 Å². The number of halogens is 16. The summed E-state index contributed by atoms with van der Waals surface area (Å²) in [6, 6.07) is 0. The minimum atomic E-state index is -8.33. The highest BCUT2D eigenvalue weighted by molar-refractivity contribution is 5.13. The van der Waals surface area contributed by atoms with Crippen LogP contribution in [0.4, 0.5) is 70.2 Å². The Morgan fingerprint density at radius 2 is 0.969 bits per heavy atom. The average molecular weight is 512 g/mol. The third-order valence-electron chi connectivity index (χ3n) is 5.59. The van der Waals surface area contributed by atoms with Gasteiger partial charge in [-0.3, -0.25) is 0 Å². The lowest BCUT2D eigenvalue weighted by molar-refractivity contribution is -0.453. The highest BCUT2D eigenvalue weighted by Crippen LogP contribution is 2.62. The van der Waals surface area contributed by atoms with Gasteiger partial charge in [-0.05, 0) is 31.1 Å². The van der Waals surface area contributed by atoms with Crippen LogP contribution in [0.25, 0.3) is 0 Å². The molecule has 0 unspecified atom stereocenters. The number of hydrogen-bond donors (Lipinski definition) is 0. The molecule has 0 spiro atoms. The van der Waals surface area contributed by atoms with Crippen molar-refractivity contribution in [2.24, 2.45) is 11.8 Å². The van der Waals surface area contributed by atoms with E-state index in [1.165, 1.54) is 0 Å². The maximum Gasteiger partial charge on any atom is 0.460 e. The highest BCUT2D eigenvalue weighted by Gasteiger charge is 2.93. The van der Waals surface area contributed by atoms with Gasteiger partial charge in [0.15, 0.2) is 0 Å². The zero-order valence-corrected chi connectivity index (χ0v) is 15.1. The minimum absolute atomic E-state index is 0.0424. The van der Waals surface area contributed by atoms with Crippen LogP contribution >= 0.6 is 0 Å². The zero-order valence-electron chi connectivity index (χ0n) is 15.1. The predicted octanol–water partition coefficient (Wildman–Crippen LogP) is 6.51. The number of rotatable bonds is 8. The summed E-state index contributed by atoms with van der Waals surface area (Å²) in [6.45, 7) is -2.93. The van der Waals surface area contributed by atoms with E-state index in [9.17, 15) is 70.2 Å². The standard InChI is InChI=1S/C15H12F16O/c16-7-5-1-2-6(3-5)8(7)32-4-9(17,18)10(19,20)11(21,22)12(23,24)13(25,26)14(27,28)15(29,30)31/h5-8H,1-4H2/t5-,6+,7+,8+/m0/s1. The number of ether oxygens (including phenoxy) is 1. The molecule has 0 N–H and O–H groups in total. The normalized spacial score (nSPS) is 28.5. The van der Waals surface area contributed by atoms with Crippen LogP contribution in [-0.2, 0) is 4.74 Å². The maximum atomic E-state index is 13.9. The van der Waals surface area contributed by atoms with Crippen molar-refractivity contribution in [2.45, 2.75) is 73.2 Å². The molecule has 2 aliphatic carbocycles. The molecule has 2 rings (SSSR count). The molecule has 0 radical (unpaired) electrons. The van der Waals surface area contributed by atoms with Gasteiger partial charge in [0.05, 0.1) is 6.10 Å². The van der Waals surface area contributed by atoms with Crippen molar-refractivity contribution in [1.82, 2.24) is 0 Å². The van der Waals surface area contributed by atoms with Crippen LogP contribution in [0, 0.1) is 11.8 Å². The van der Waals surface area contributed by atoms with Gasteiger partial charge in [-0.25, -0.2) is 4.39 Å². The molecule has 2 bridgehead atoms. The van der Waals surface area contributed by atoms with E-state index in [0.717, 1.165) is 0 Å². The predicted molar refractivity (Wildman–Crippen MR) is 71.2 cm³/mol. The van der Waals surface area contributed by atoms with Gasteiger partial charge in [0.1, 0.15) is 12.8 Å². The number of hydrogen-bond acceptors (Lipinski definition) is 1. The zero-order chi connectivity index (χ0) is 25.3. The van der Waals surface area contributed by atoms with Crippen LogP contribution in [0.5, 0.6) is 0 Å². The molecule has 0 aromatic carbocycles. The Morgan fingerprint density at radius 1 is 0.562 bits per heavy atom. The molecule has 0 aromatic rings. The molecule has 190 valence electrons. The Kier molecular flexibility index (Phi) is 6.28. The molecule has 0 aromatic heterocycles. The quantitative estimate of drug-likeness (QED) is 0.337. The largest absolute Gasteiger partial charge is 0.460 e. The molecule has 4 atom stereocenters. The molecule has 0 heterocycles. The van der Waals surface area contributed by atoms with Crippen molar-refractivity contribution in [3.8, 4) is 0 Å². The van der Waals surface area contributed by atoms with Crippen molar-refractivity contribution in [3.05, 3.63) is 0 Å². The summed E-state index contributed by atoms with van der Waals surface area (Å²) in [6.07, 6.45) is -11.1.